The van der Waals surface area contributed by atoms with E-state index in [2.05, 4.69) is 25.9 Å². The Labute approximate surface area is 135 Å². The van der Waals surface area contributed by atoms with E-state index in [1.807, 2.05) is 0 Å². The SMILES string of the molecule is O=c1[nH]c(-c2cc(C(F)(F)F)cc(Br)c2O)nc2ccccc12. The molecule has 118 valence electrons. The number of fused-ring (bicyclic) bond motifs is 1. The number of nitrogens with one attached hydrogen (secondary N) is 1. The van der Waals surface area contributed by atoms with Crippen LogP contribution in [0.3, 0.4) is 0 Å². The number of rotatable bonds is 1. The molecule has 2 N–H and O–H groups in total. The van der Waals surface area contributed by atoms with Crippen molar-refractivity contribution in [1.29, 1.82) is 0 Å². The molecule has 0 aliphatic rings. The Kier molecular flexibility index (Phi) is 3.63. The summed E-state index contributed by atoms with van der Waals surface area (Å²) in [5, 5.41) is 10.3. The third-order valence-electron chi connectivity index (χ3n) is 3.26. The van der Waals surface area contributed by atoms with Gasteiger partial charge in [0.2, 0.25) is 0 Å². The maximum atomic E-state index is 12.9. The third kappa shape index (κ3) is 2.81. The van der Waals surface area contributed by atoms with Crippen LogP contribution in [0.5, 0.6) is 5.75 Å². The Morgan fingerprint density at radius 2 is 1.87 bits per heavy atom. The minimum atomic E-state index is -4.60. The van der Waals surface area contributed by atoms with E-state index in [1.54, 1.807) is 24.3 Å². The van der Waals surface area contributed by atoms with Crippen molar-refractivity contribution in [2.75, 3.05) is 0 Å². The lowest BCUT2D eigenvalue weighted by atomic mass is 10.1. The summed E-state index contributed by atoms with van der Waals surface area (Å²) in [6.45, 7) is 0. The predicted octanol–water partition coefficient (Wildman–Crippen LogP) is 4.08. The second kappa shape index (κ2) is 5.38. The zero-order valence-electron chi connectivity index (χ0n) is 11.3. The zero-order valence-corrected chi connectivity index (χ0v) is 12.9. The van der Waals surface area contributed by atoms with E-state index in [-0.39, 0.29) is 15.9 Å². The lowest BCUT2D eigenvalue weighted by molar-refractivity contribution is -0.137. The van der Waals surface area contributed by atoms with Crippen molar-refractivity contribution in [2.24, 2.45) is 0 Å². The van der Waals surface area contributed by atoms with Gasteiger partial charge in [0.15, 0.2) is 0 Å². The molecule has 0 bridgehead atoms. The Morgan fingerprint density at radius 3 is 2.57 bits per heavy atom. The Bertz CT molecular complexity index is 967. The lowest BCUT2D eigenvalue weighted by Crippen LogP contribution is -2.10. The van der Waals surface area contributed by atoms with Crippen molar-refractivity contribution >= 4 is 26.8 Å². The number of H-pyrrole nitrogens is 1. The molecular weight excluding hydrogens is 377 g/mol. The van der Waals surface area contributed by atoms with E-state index in [4.69, 9.17) is 0 Å². The smallest absolute Gasteiger partial charge is 0.416 e. The molecule has 0 aliphatic heterocycles. The van der Waals surface area contributed by atoms with Crippen molar-refractivity contribution in [1.82, 2.24) is 9.97 Å². The normalized spacial score (nSPS) is 11.8. The van der Waals surface area contributed by atoms with Gasteiger partial charge >= 0.3 is 6.18 Å². The fourth-order valence-corrected chi connectivity index (χ4v) is 2.62. The summed E-state index contributed by atoms with van der Waals surface area (Å²) < 4.78 is 38.7. The largest absolute Gasteiger partial charge is 0.506 e. The molecule has 0 aliphatic carbocycles. The van der Waals surface area contributed by atoms with Gasteiger partial charge in [-0.15, -0.1) is 0 Å². The van der Waals surface area contributed by atoms with Gasteiger partial charge < -0.3 is 10.1 Å². The number of phenols is 1. The van der Waals surface area contributed by atoms with Gasteiger partial charge in [-0.2, -0.15) is 13.2 Å². The highest BCUT2D eigenvalue weighted by Gasteiger charge is 2.32. The van der Waals surface area contributed by atoms with Crippen LogP contribution < -0.4 is 5.56 Å². The van der Waals surface area contributed by atoms with Crippen LogP contribution >= 0.6 is 15.9 Å². The van der Waals surface area contributed by atoms with Crippen LogP contribution in [0.15, 0.2) is 45.7 Å². The van der Waals surface area contributed by atoms with Gasteiger partial charge in [0, 0.05) is 0 Å². The number of hydrogen-bond donors (Lipinski definition) is 2. The first-order valence-corrected chi connectivity index (χ1v) is 7.16. The summed E-state index contributed by atoms with van der Waals surface area (Å²) >= 11 is 2.89. The molecule has 0 saturated heterocycles. The van der Waals surface area contributed by atoms with E-state index in [0.29, 0.717) is 10.9 Å². The number of aromatic nitrogens is 2. The van der Waals surface area contributed by atoms with E-state index >= 15 is 0 Å². The molecule has 1 aromatic heterocycles. The highest BCUT2D eigenvalue weighted by molar-refractivity contribution is 9.10. The second-order valence-corrected chi connectivity index (χ2v) is 5.64. The number of alkyl halides is 3. The maximum Gasteiger partial charge on any atom is 0.416 e. The van der Waals surface area contributed by atoms with Crippen LogP contribution in [-0.2, 0) is 6.18 Å². The minimum absolute atomic E-state index is 0.141. The summed E-state index contributed by atoms with van der Waals surface area (Å²) in [6.07, 6.45) is -4.60. The fraction of sp³-hybridized carbons (Fsp3) is 0.0667. The lowest BCUT2D eigenvalue weighted by Gasteiger charge is -2.12. The van der Waals surface area contributed by atoms with Gasteiger partial charge in [-0.25, -0.2) is 4.98 Å². The topological polar surface area (TPSA) is 66.0 Å². The maximum absolute atomic E-state index is 12.9. The molecular formula is C15H8BrF3N2O2. The van der Waals surface area contributed by atoms with Crippen molar-refractivity contribution in [3.63, 3.8) is 0 Å². The van der Waals surface area contributed by atoms with Gasteiger partial charge in [0.05, 0.1) is 26.5 Å². The van der Waals surface area contributed by atoms with E-state index in [0.717, 1.165) is 12.1 Å². The molecule has 3 rings (SSSR count). The van der Waals surface area contributed by atoms with Crippen molar-refractivity contribution in [2.45, 2.75) is 6.18 Å². The van der Waals surface area contributed by atoms with Gasteiger partial charge in [-0.05, 0) is 40.2 Å². The molecule has 0 saturated carbocycles. The van der Waals surface area contributed by atoms with E-state index in [1.165, 1.54) is 0 Å². The summed E-state index contributed by atoms with van der Waals surface area (Å²) in [6, 6.07) is 7.92. The second-order valence-electron chi connectivity index (χ2n) is 4.78. The molecule has 0 fully saturated rings. The number of halogens is 4. The van der Waals surface area contributed by atoms with Crippen LogP contribution in [0.1, 0.15) is 5.56 Å². The number of para-hydroxylation sites is 1. The quantitative estimate of drug-likeness (QED) is 0.664. The first kappa shape index (κ1) is 15.5. The Morgan fingerprint density at radius 1 is 1.17 bits per heavy atom. The molecule has 23 heavy (non-hydrogen) atoms. The predicted molar refractivity (Wildman–Crippen MR) is 82.2 cm³/mol. The molecule has 0 spiro atoms. The number of nitrogens with zero attached hydrogens (tertiary/aromatic N) is 1. The van der Waals surface area contributed by atoms with Gasteiger partial charge in [0.1, 0.15) is 11.6 Å². The molecule has 1 heterocycles. The first-order chi connectivity index (χ1) is 10.8. The number of aromatic hydroxyl groups is 1. The molecule has 0 amide bonds. The molecule has 8 heteroatoms. The molecule has 4 nitrogen and oxygen atoms in total. The highest BCUT2D eigenvalue weighted by atomic mass is 79.9. The number of phenolic OH excluding ortho intramolecular Hbond substituents is 1. The fourth-order valence-electron chi connectivity index (χ4n) is 2.16. The molecule has 0 atom stereocenters. The van der Waals surface area contributed by atoms with Crippen LogP contribution in [0.25, 0.3) is 22.3 Å². The summed E-state index contributed by atoms with van der Waals surface area (Å²) in [5.74, 6) is -0.575. The average Bonchev–Trinajstić information content (AvgIpc) is 2.48. The summed E-state index contributed by atoms with van der Waals surface area (Å²) in [4.78, 5) is 18.6. The van der Waals surface area contributed by atoms with E-state index < -0.39 is 23.0 Å². The van der Waals surface area contributed by atoms with Crippen LogP contribution in [0.2, 0.25) is 0 Å². The van der Waals surface area contributed by atoms with E-state index in [9.17, 15) is 23.1 Å². The highest BCUT2D eigenvalue weighted by Crippen LogP contribution is 2.40. The van der Waals surface area contributed by atoms with Gasteiger partial charge in [-0.1, -0.05) is 12.1 Å². The van der Waals surface area contributed by atoms with Gasteiger partial charge in [-0.3, -0.25) is 4.79 Å². The van der Waals surface area contributed by atoms with Crippen molar-refractivity contribution in [3.05, 3.63) is 56.8 Å². The molecule has 3 aromatic rings. The number of aromatic amines is 1. The molecule has 0 unspecified atom stereocenters. The Balaban J connectivity index is 2.30. The zero-order chi connectivity index (χ0) is 16.8. The van der Waals surface area contributed by atoms with Crippen LogP contribution in [0, 0.1) is 0 Å². The van der Waals surface area contributed by atoms with Crippen molar-refractivity contribution < 1.29 is 18.3 Å². The Hall–Kier alpha value is -2.35. The van der Waals surface area contributed by atoms with Gasteiger partial charge in [0.25, 0.3) is 5.56 Å². The van der Waals surface area contributed by atoms with Crippen LogP contribution in [0.4, 0.5) is 13.2 Å². The standard InChI is InChI=1S/C15H8BrF3N2O2/c16-10-6-7(15(17,18)19)5-9(12(10)22)13-20-11-4-2-1-3-8(11)14(23)21-13/h1-6,22H,(H,20,21,23). The molecule has 0 radical (unpaired) electrons. The summed E-state index contributed by atoms with van der Waals surface area (Å²) in [5.41, 5.74) is -1.36. The number of hydrogen-bond acceptors (Lipinski definition) is 3. The van der Waals surface area contributed by atoms with Crippen molar-refractivity contribution in [3.8, 4) is 17.1 Å². The summed E-state index contributed by atoms with van der Waals surface area (Å²) in [7, 11) is 0. The minimum Gasteiger partial charge on any atom is -0.506 e. The third-order valence-corrected chi connectivity index (χ3v) is 3.86. The average molecular weight is 385 g/mol. The first-order valence-electron chi connectivity index (χ1n) is 6.36. The molecule has 2 aromatic carbocycles. The number of benzene rings is 2. The van der Waals surface area contributed by atoms with Crippen LogP contribution in [-0.4, -0.2) is 15.1 Å². The monoisotopic (exact) mass is 384 g/mol.